The molecule has 0 bridgehead atoms. The third kappa shape index (κ3) is 30.8. The molecule has 0 aromatic carbocycles. The van der Waals surface area contributed by atoms with E-state index in [1.165, 1.54) is 7.11 Å². The second-order valence-corrected chi connectivity index (χ2v) is 4.67. The van der Waals surface area contributed by atoms with Gasteiger partial charge in [0, 0.05) is 116 Å². The Labute approximate surface area is 213 Å². The van der Waals surface area contributed by atoms with Crippen molar-refractivity contribution in [3.05, 3.63) is 0 Å². The summed E-state index contributed by atoms with van der Waals surface area (Å²) in [5.41, 5.74) is 0. The van der Waals surface area contributed by atoms with Crippen molar-refractivity contribution in [1.29, 1.82) is 0 Å². The summed E-state index contributed by atoms with van der Waals surface area (Å²) in [7, 11) is 3.17. The average molecular weight is 429 g/mol. The first-order chi connectivity index (χ1) is 14.7. The SMILES string of the molecule is C#CC#CC#CC#CC#CC#CC#CC#CC#CC#CC#COC.COCC(C)C.[HH].[HH].[HH].[HH].[HH].[HH].[HH].[HH].[HH].[HH].[HH].[HH].[HH].[HH].[HH].[HH].[HH].[HH].[HH].[HH].[HH].[HH]. The molecule has 2 heteroatoms. The van der Waals surface area contributed by atoms with Crippen LogP contribution in [0, 0.1) is 137 Å². The highest BCUT2D eigenvalue weighted by Gasteiger charge is 1.85. The van der Waals surface area contributed by atoms with Crippen LogP contribution in [0.3, 0.4) is 0 Å². The first kappa shape index (κ1) is 27.1. The van der Waals surface area contributed by atoms with Crippen LogP contribution in [0.2, 0.25) is 0 Å². The summed E-state index contributed by atoms with van der Waals surface area (Å²) in [5.74, 6) is 49.5. The van der Waals surface area contributed by atoms with E-state index in [4.69, 9.17) is 11.2 Å². The van der Waals surface area contributed by atoms with Gasteiger partial charge in [0.2, 0.25) is 0 Å². The van der Waals surface area contributed by atoms with E-state index < -0.39 is 0 Å². The Balaban J connectivity index is -0.0000000118. The lowest BCUT2D eigenvalue weighted by Gasteiger charge is -1.97. The summed E-state index contributed by atoms with van der Waals surface area (Å²) < 4.78 is 9.28. The van der Waals surface area contributed by atoms with Crippen molar-refractivity contribution in [1.82, 2.24) is 0 Å². The van der Waals surface area contributed by atoms with Crippen molar-refractivity contribution in [2.24, 2.45) is 5.92 Å². The molecule has 0 unspecified atom stereocenters. The number of hydrogen-bond donors (Lipinski definition) is 0. The number of terminal acetylenes is 1. The molecule has 0 aliphatic heterocycles. The molecule has 0 rings (SSSR count). The third-order valence-electron chi connectivity index (χ3n) is 1.85. The molecule has 0 aromatic rings. The Morgan fingerprint density at radius 1 is 0.567 bits per heavy atom. The summed E-state index contributed by atoms with van der Waals surface area (Å²) in [6, 6.07) is 0. The largest absolute Gasteiger partial charge is 0.449 e. The maximum absolute atomic E-state index is 4.91. The van der Waals surface area contributed by atoms with Gasteiger partial charge in [-0.15, -0.1) is 6.42 Å². The quantitative estimate of drug-likeness (QED) is 0.443. The third-order valence-corrected chi connectivity index (χ3v) is 1.85. The molecule has 0 aliphatic rings. The van der Waals surface area contributed by atoms with Crippen molar-refractivity contribution in [2.75, 3.05) is 20.8 Å². The van der Waals surface area contributed by atoms with Crippen LogP contribution < -0.4 is 0 Å². The summed E-state index contributed by atoms with van der Waals surface area (Å²) in [6.45, 7) is 5.13. The molecule has 0 saturated heterocycles. The van der Waals surface area contributed by atoms with Crippen LogP contribution in [0.15, 0.2) is 0 Å². The van der Waals surface area contributed by atoms with Gasteiger partial charge >= 0.3 is 0 Å². The first-order valence-electron chi connectivity index (χ1n) is 8.16. The van der Waals surface area contributed by atoms with Crippen molar-refractivity contribution in [3.8, 4) is 131 Å². The molecule has 184 valence electrons. The molecule has 0 aromatic heterocycles. The maximum atomic E-state index is 4.91. The van der Waals surface area contributed by atoms with E-state index in [1.807, 2.05) is 0 Å². The van der Waals surface area contributed by atoms with Crippen LogP contribution in [0.4, 0.5) is 0 Å². The Morgan fingerprint density at radius 2 is 0.867 bits per heavy atom. The van der Waals surface area contributed by atoms with E-state index in [0.29, 0.717) is 5.92 Å². The van der Waals surface area contributed by atoms with Crippen LogP contribution >= 0.6 is 0 Å². The molecule has 2 nitrogen and oxygen atoms in total. The van der Waals surface area contributed by atoms with Crippen LogP contribution in [0.25, 0.3) is 0 Å². The Morgan fingerprint density at radius 3 is 1.07 bits per heavy atom. The van der Waals surface area contributed by atoms with E-state index in [-0.39, 0.29) is 31.4 Å². The van der Waals surface area contributed by atoms with Crippen molar-refractivity contribution in [2.45, 2.75) is 13.8 Å². The second-order valence-electron chi connectivity index (χ2n) is 4.67. The lowest BCUT2D eigenvalue weighted by molar-refractivity contribution is 0.167. The van der Waals surface area contributed by atoms with E-state index in [0.717, 1.165) is 6.61 Å². The number of rotatable bonds is 2. The minimum Gasteiger partial charge on any atom is -0.449 e. The van der Waals surface area contributed by atoms with E-state index in [1.54, 1.807) is 7.11 Å². The smallest absolute Gasteiger partial charge is 0.124 e. The zero-order valence-corrected chi connectivity index (χ0v) is 17.2. The van der Waals surface area contributed by atoms with Gasteiger partial charge in [-0.25, -0.2) is 0 Å². The van der Waals surface area contributed by atoms with Crippen LogP contribution in [0.5, 0.6) is 0 Å². The minimum absolute atomic E-state index is 0. The second kappa shape index (κ2) is 26.2. The van der Waals surface area contributed by atoms with Crippen molar-refractivity contribution in [3.63, 3.8) is 0 Å². The molecule has 0 radical (unpaired) electrons. The topological polar surface area (TPSA) is 18.5 Å². The van der Waals surface area contributed by atoms with Gasteiger partial charge in [-0.05, 0) is 53.3 Å². The molecule has 30 heavy (non-hydrogen) atoms. The van der Waals surface area contributed by atoms with Crippen molar-refractivity contribution >= 4 is 0 Å². The summed E-state index contributed by atoms with van der Waals surface area (Å²) in [4.78, 5) is 0. The summed E-state index contributed by atoms with van der Waals surface area (Å²) in [5, 5.41) is 0. The molecule has 0 amide bonds. The molecule has 0 N–H and O–H groups in total. The molecule has 0 aliphatic carbocycles. The van der Waals surface area contributed by atoms with Gasteiger partial charge in [0.1, 0.15) is 6.11 Å². The van der Waals surface area contributed by atoms with Gasteiger partial charge in [0.05, 0.1) is 7.11 Å². The van der Waals surface area contributed by atoms with Gasteiger partial charge in [0.15, 0.2) is 0 Å². The minimum atomic E-state index is 0. The van der Waals surface area contributed by atoms with E-state index >= 15 is 0 Å². The molecule has 0 heterocycles. The highest BCUT2D eigenvalue weighted by Crippen LogP contribution is 1.88. The number of hydrogen-bond acceptors (Lipinski definition) is 2. The highest BCUT2D eigenvalue weighted by molar-refractivity contribution is 5.47. The molecule has 0 fully saturated rings. The molecule has 0 spiro atoms. The van der Waals surface area contributed by atoms with Crippen LogP contribution in [-0.2, 0) is 9.47 Å². The van der Waals surface area contributed by atoms with Crippen LogP contribution in [0.1, 0.15) is 45.2 Å². The molecular formula is C28H60O2. The predicted molar refractivity (Wildman–Crippen MR) is 167 cm³/mol. The van der Waals surface area contributed by atoms with Crippen LogP contribution in [-0.4, -0.2) is 20.8 Å². The highest BCUT2D eigenvalue weighted by atomic mass is 16.5. The first-order valence-corrected chi connectivity index (χ1v) is 8.16. The lowest BCUT2D eigenvalue weighted by Crippen LogP contribution is -1.96. The zero-order chi connectivity index (χ0) is 22.5. The fourth-order valence-electron chi connectivity index (χ4n) is 0.977. The van der Waals surface area contributed by atoms with Gasteiger partial charge < -0.3 is 9.47 Å². The van der Waals surface area contributed by atoms with Gasteiger partial charge in [-0.3, -0.25) is 0 Å². The Bertz CT molecular complexity index is 1270. The maximum Gasteiger partial charge on any atom is 0.124 e. The summed E-state index contributed by atoms with van der Waals surface area (Å²) >= 11 is 0. The molecular weight excluding hydrogens is 368 g/mol. The summed E-state index contributed by atoms with van der Waals surface area (Å²) in [6.07, 6.45) is 7.21. The Hall–Kier alpha value is -5.08. The van der Waals surface area contributed by atoms with Gasteiger partial charge in [0.25, 0.3) is 0 Å². The fourth-order valence-corrected chi connectivity index (χ4v) is 0.977. The molecule has 0 atom stereocenters. The van der Waals surface area contributed by atoms with Gasteiger partial charge in [-0.2, -0.15) is 0 Å². The van der Waals surface area contributed by atoms with Crippen molar-refractivity contribution < 1.29 is 40.9 Å². The predicted octanol–water partition coefficient (Wildman–Crippen LogP) is 6.96. The number of methoxy groups -OCH3 is 2. The fraction of sp³-hybridized carbons (Fsp3) is 0.214. The lowest BCUT2D eigenvalue weighted by atomic mass is 10.2. The normalized spacial score (nSPS) is 5.20. The average Bonchev–Trinajstić information content (AvgIpc) is 2.73. The standard InChI is InChI=1S/C23H4O.C5H12O.22H2/c1-3-4-5-6-7-8-9-10-11-12-13-14-15-16-17-18-19-20-21-22-23-24-2;1-5(2)4-6-3;;;;;;;;;;;;;;;;;;;;;;/h1H,2H3;5H,4H2,1-3H3;22*1H. The Kier molecular flexibility index (Phi) is 23.7. The van der Waals surface area contributed by atoms with E-state index in [9.17, 15) is 0 Å². The van der Waals surface area contributed by atoms with Gasteiger partial charge in [-0.1, -0.05) is 13.8 Å². The number of ether oxygens (including phenoxy) is 2. The molecule has 0 saturated carbocycles. The zero-order valence-electron chi connectivity index (χ0n) is 17.2. The monoisotopic (exact) mass is 428 g/mol. The van der Waals surface area contributed by atoms with E-state index in [2.05, 4.69) is 143 Å².